The molecule has 0 atom stereocenters. The lowest BCUT2D eigenvalue weighted by molar-refractivity contribution is -0.124. The zero-order valence-electron chi connectivity index (χ0n) is 15.9. The van der Waals surface area contributed by atoms with Crippen LogP contribution >= 0.6 is 12.4 Å². The second kappa shape index (κ2) is 9.85. The molecule has 0 aromatic heterocycles. The van der Waals surface area contributed by atoms with E-state index >= 15 is 0 Å². The van der Waals surface area contributed by atoms with Gasteiger partial charge in [0.15, 0.2) is 18.1 Å². The highest BCUT2D eigenvalue weighted by atomic mass is 35.5. The van der Waals surface area contributed by atoms with Crippen molar-refractivity contribution in [3.05, 3.63) is 23.8 Å². The second-order valence-corrected chi connectivity index (χ2v) is 7.47. The molecule has 0 aliphatic heterocycles. The predicted molar refractivity (Wildman–Crippen MR) is 102 cm³/mol. The summed E-state index contributed by atoms with van der Waals surface area (Å²) >= 11 is 0. The first-order valence-electron chi connectivity index (χ1n) is 8.03. The molecule has 1 rings (SSSR count). The summed E-state index contributed by atoms with van der Waals surface area (Å²) < 4.78 is 10.9. The highest BCUT2D eigenvalue weighted by molar-refractivity contribution is 5.85. The summed E-state index contributed by atoms with van der Waals surface area (Å²) in [4.78, 5) is 11.8. The number of methoxy groups -OCH3 is 1. The Labute approximate surface area is 156 Å². The third kappa shape index (κ3) is 8.95. The summed E-state index contributed by atoms with van der Waals surface area (Å²) in [5, 5.41) is 15.4. The molecule has 0 heterocycles. The highest BCUT2D eigenvalue weighted by Gasteiger charge is 2.17. The van der Waals surface area contributed by atoms with Gasteiger partial charge in [-0.25, -0.2) is 0 Å². The number of carbonyl (C=O) groups is 1. The van der Waals surface area contributed by atoms with E-state index < -0.39 is 0 Å². The number of ether oxygens (including phenoxy) is 2. The molecule has 0 unspecified atom stereocenters. The number of rotatable bonds is 8. The Hall–Kier alpha value is -1.50. The van der Waals surface area contributed by atoms with Crippen LogP contribution in [0.2, 0.25) is 0 Å². The molecule has 0 bridgehead atoms. The maximum absolute atomic E-state index is 11.8. The topological polar surface area (TPSA) is 79.8 Å². The molecule has 144 valence electrons. The number of aliphatic hydroxyl groups excluding tert-OH is 1. The van der Waals surface area contributed by atoms with Crippen LogP contribution in [-0.2, 0) is 11.3 Å². The van der Waals surface area contributed by atoms with Crippen molar-refractivity contribution in [2.24, 2.45) is 0 Å². The number of halogens is 1. The molecule has 1 aromatic rings. The number of nitrogens with one attached hydrogen (secondary N) is 2. The second-order valence-electron chi connectivity index (χ2n) is 7.47. The molecule has 25 heavy (non-hydrogen) atoms. The van der Waals surface area contributed by atoms with Gasteiger partial charge in [-0.15, -0.1) is 12.4 Å². The largest absolute Gasteiger partial charge is 0.493 e. The average molecular weight is 375 g/mol. The van der Waals surface area contributed by atoms with E-state index in [1.807, 2.05) is 46.8 Å². The molecular weight excluding hydrogens is 344 g/mol. The number of amides is 1. The minimum Gasteiger partial charge on any atom is -0.493 e. The fourth-order valence-corrected chi connectivity index (χ4v) is 1.94. The maximum Gasteiger partial charge on any atom is 0.258 e. The van der Waals surface area contributed by atoms with Crippen LogP contribution in [0.15, 0.2) is 18.2 Å². The van der Waals surface area contributed by atoms with Crippen molar-refractivity contribution in [1.29, 1.82) is 0 Å². The lowest BCUT2D eigenvalue weighted by atomic mass is 10.1. The summed E-state index contributed by atoms with van der Waals surface area (Å²) in [6.45, 7) is 10.2. The fourth-order valence-electron chi connectivity index (χ4n) is 1.94. The molecule has 0 spiro atoms. The van der Waals surface area contributed by atoms with Crippen LogP contribution in [0.1, 0.15) is 40.2 Å². The van der Waals surface area contributed by atoms with Crippen molar-refractivity contribution in [2.75, 3.05) is 20.3 Å². The first kappa shape index (κ1) is 23.5. The Morgan fingerprint density at radius 1 is 1.16 bits per heavy atom. The van der Waals surface area contributed by atoms with Crippen molar-refractivity contribution in [1.82, 2.24) is 10.6 Å². The van der Waals surface area contributed by atoms with Crippen LogP contribution in [0, 0.1) is 0 Å². The summed E-state index contributed by atoms with van der Waals surface area (Å²) in [5.41, 5.74) is 0.354. The maximum atomic E-state index is 11.8. The number of hydrogen-bond donors (Lipinski definition) is 3. The Bertz CT molecular complexity index is 556. The van der Waals surface area contributed by atoms with Gasteiger partial charge in [0.1, 0.15) is 0 Å². The van der Waals surface area contributed by atoms with Gasteiger partial charge in [0, 0.05) is 17.6 Å². The minimum absolute atomic E-state index is 0. The van der Waals surface area contributed by atoms with Crippen LogP contribution in [0.3, 0.4) is 0 Å². The minimum atomic E-state index is -0.354. The van der Waals surface area contributed by atoms with Crippen LogP contribution in [0.4, 0.5) is 0 Å². The highest BCUT2D eigenvalue weighted by Crippen LogP contribution is 2.28. The van der Waals surface area contributed by atoms with Gasteiger partial charge in [-0.2, -0.15) is 0 Å². The molecule has 0 aliphatic rings. The molecule has 0 aliphatic carbocycles. The van der Waals surface area contributed by atoms with Gasteiger partial charge in [-0.3, -0.25) is 4.79 Å². The Kier molecular flexibility index (Phi) is 9.26. The fraction of sp³-hybridized carbons (Fsp3) is 0.611. The van der Waals surface area contributed by atoms with Crippen molar-refractivity contribution >= 4 is 18.3 Å². The smallest absolute Gasteiger partial charge is 0.258 e. The SMILES string of the molecule is COc1cc(CNC(C)(C)CO)ccc1OCC(=O)NC(C)(C)C.Cl. The average Bonchev–Trinajstić information content (AvgIpc) is 2.49. The molecule has 0 fully saturated rings. The number of aliphatic hydroxyl groups is 1. The molecule has 0 radical (unpaired) electrons. The zero-order chi connectivity index (χ0) is 18.4. The van der Waals surface area contributed by atoms with Crippen LogP contribution < -0.4 is 20.1 Å². The van der Waals surface area contributed by atoms with Gasteiger partial charge in [-0.1, -0.05) is 6.07 Å². The van der Waals surface area contributed by atoms with E-state index in [1.54, 1.807) is 13.2 Å². The first-order chi connectivity index (χ1) is 11.1. The quantitative estimate of drug-likeness (QED) is 0.650. The Balaban J connectivity index is 0.00000576. The van der Waals surface area contributed by atoms with Crippen molar-refractivity contribution < 1.29 is 19.4 Å². The number of hydrogen-bond acceptors (Lipinski definition) is 5. The number of benzene rings is 1. The van der Waals surface area contributed by atoms with E-state index in [0.717, 1.165) is 5.56 Å². The number of carbonyl (C=O) groups excluding carboxylic acids is 1. The van der Waals surface area contributed by atoms with Gasteiger partial charge >= 0.3 is 0 Å². The van der Waals surface area contributed by atoms with Crippen LogP contribution in [0.25, 0.3) is 0 Å². The predicted octanol–water partition coefficient (Wildman–Crippen LogP) is 2.27. The van der Waals surface area contributed by atoms with E-state index in [2.05, 4.69) is 10.6 Å². The molecule has 0 saturated heterocycles. The van der Waals surface area contributed by atoms with Crippen molar-refractivity contribution in [2.45, 2.75) is 52.2 Å². The van der Waals surface area contributed by atoms with Crippen LogP contribution in [-0.4, -0.2) is 42.4 Å². The summed E-state index contributed by atoms with van der Waals surface area (Å²) in [5.74, 6) is 0.909. The van der Waals surface area contributed by atoms with Crippen LogP contribution in [0.5, 0.6) is 11.5 Å². The van der Waals surface area contributed by atoms with Gasteiger partial charge < -0.3 is 25.2 Å². The van der Waals surface area contributed by atoms with Gasteiger partial charge in [-0.05, 0) is 52.3 Å². The summed E-state index contributed by atoms with van der Waals surface area (Å²) in [6, 6.07) is 5.55. The van der Waals surface area contributed by atoms with E-state index in [0.29, 0.717) is 18.0 Å². The van der Waals surface area contributed by atoms with E-state index in [4.69, 9.17) is 9.47 Å². The van der Waals surface area contributed by atoms with Crippen molar-refractivity contribution in [3.8, 4) is 11.5 Å². The Morgan fingerprint density at radius 3 is 2.32 bits per heavy atom. The molecular formula is C18H31ClN2O4. The standard InChI is InChI=1S/C18H30N2O4.ClH/c1-17(2,3)20-16(22)11-24-14-8-7-13(9-15(14)23-6)10-19-18(4,5)12-21;/h7-9,19,21H,10-12H2,1-6H3,(H,20,22);1H. The zero-order valence-corrected chi connectivity index (χ0v) is 16.8. The van der Waals surface area contributed by atoms with E-state index in [-0.39, 0.29) is 42.6 Å². The molecule has 3 N–H and O–H groups in total. The van der Waals surface area contributed by atoms with Crippen molar-refractivity contribution in [3.63, 3.8) is 0 Å². The third-order valence-corrected chi connectivity index (χ3v) is 3.27. The lowest BCUT2D eigenvalue weighted by Gasteiger charge is -2.24. The molecule has 0 saturated carbocycles. The molecule has 6 nitrogen and oxygen atoms in total. The normalized spacial score (nSPS) is 11.5. The van der Waals surface area contributed by atoms with E-state index in [9.17, 15) is 9.90 Å². The van der Waals surface area contributed by atoms with Gasteiger partial charge in [0.25, 0.3) is 5.91 Å². The lowest BCUT2D eigenvalue weighted by Crippen LogP contribution is -2.43. The van der Waals surface area contributed by atoms with Gasteiger partial charge in [0.2, 0.25) is 0 Å². The molecule has 1 aromatic carbocycles. The molecule has 7 heteroatoms. The van der Waals surface area contributed by atoms with E-state index in [1.165, 1.54) is 0 Å². The third-order valence-electron chi connectivity index (χ3n) is 3.27. The van der Waals surface area contributed by atoms with Gasteiger partial charge in [0.05, 0.1) is 13.7 Å². The Morgan fingerprint density at radius 2 is 1.80 bits per heavy atom. The monoisotopic (exact) mass is 374 g/mol. The summed E-state index contributed by atoms with van der Waals surface area (Å²) in [6.07, 6.45) is 0. The first-order valence-corrected chi connectivity index (χ1v) is 8.03. The summed E-state index contributed by atoms with van der Waals surface area (Å²) in [7, 11) is 1.56. The molecule has 1 amide bonds.